The average molecular weight is 194 g/mol. The Morgan fingerprint density at radius 3 is 3.21 bits per heavy atom. The molecule has 1 atom stereocenters. The van der Waals surface area contributed by atoms with Gasteiger partial charge in [-0.3, -0.25) is 0 Å². The standard InChI is InChI=1S/C11H18N2O/c12-9-10-3-1-6-13(10)7-5-11-4-2-8-14-11/h1,3,6,11H,2,4-5,7-9,12H2. The van der Waals surface area contributed by atoms with Crippen LogP contribution >= 0.6 is 0 Å². The highest BCUT2D eigenvalue weighted by Gasteiger charge is 2.15. The fraction of sp³-hybridized carbons (Fsp3) is 0.636. The number of hydrogen-bond acceptors (Lipinski definition) is 2. The van der Waals surface area contributed by atoms with Gasteiger partial charge in [0.05, 0.1) is 6.10 Å². The van der Waals surface area contributed by atoms with Crippen molar-refractivity contribution in [1.29, 1.82) is 0 Å². The van der Waals surface area contributed by atoms with E-state index in [1.54, 1.807) is 0 Å². The minimum atomic E-state index is 0.475. The molecule has 1 aliphatic heterocycles. The molecule has 0 amide bonds. The van der Waals surface area contributed by atoms with Crippen LogP contribution in [0, 0.1) is 0 Å². The molecule has 0 radical (unpaired) electrons. The van der Waals surface area contributed by atoms with Gasteiger partial charge in [-0.25, -0.2) is 0 Å². The van der Waals surface area contributed by atoms with E-state index in [1.165, 1.54) is 18.5 Å². The van der Waals surface area contributed by atoms with Gasteiger partial charge in [0.2, 0.25) is 0 Å². The first-order valence-corrected chi connectivity index (χ1v) is 5.36. The van der Waals surface area contributed by atoms with Crippen molar-refractivity contribution in [1.82, 2.24) is 4.57 Å². The van der Waals surface area contributed by atoms with Crippen LogP contribution in [0.4, 0.5) is 0 Å². The number of rotatable bonds is 4. The Morgan fingerprint density at radius 1 is 1.57 bits per heavy atom. The minimum Gasteiger partial charge on any atom is -0.378 e. The third kappa shape index (κ3) is 2.16. The van der Waals surface area contributed by atoms with Crippen LogP contribution in [0.5, 0.6) is 0 Å². The highest BCUT2D eigenvalue weighted by atomic mass is 16.5. The molecule has 2 heterocycles. The number of hydrogen-bond donors (Lipinski definition) is 1. The molecule has 1 aromatic rings. The summed E-state index contributed by atoms with van der Waals surface area (Å²) in [7, 11) is 0. The Bertz CT molecular complexity index is 277. The molecule has 3 heteroatoms. The summed E-state index contributed by atoms with van der Waals surface area (Å²) in [4.78, 5) is 0. The van der Waals surface area contributed by atoms with Crippen molar-refractivity contribution in [2.75, 3.05) is 6.61 Å². The minimum absolute atomic E-state index is 0.475. The summed E-state index contributed by atoms with van der Waals surface area (Å²) in [5.41, 5.74) is 6.84. The molecule has 1 unspecified atom stereocenters. The van der Waals surface area contributed by atoms with E-state index in [4.69, 9.17) is 10.5 Å². The van der Waals surface area contributed by atoms with Crippen LogP contribution in [-0.4, -0.2) is 17.3 Å². The van der Waals surface area contributed by atoms with Gasteiger partial charge in [0.1, 0.15) is 0 Å². The molecule has 1 aromatic heterocycles. The van der Waals surface area contributed by atoms with Crippen molar-refractivity contribution in [2.45, 2.75) is 38.5 Å². The Morgan fingerprint density at radius 2 is 2.50 bits per heavy atom. The van der Waals surface area contributed by atoms with Crippen molar-refractivity contribution in [3.05, 3.63) is 24.0 Å². The quantitative estimate of drug-likeness (QED) is 0.789. The zero-order chi connectivity index (χ0) is 9.80. The predicted molar refractivity (Wildman–Crippen MR) is 55.9 cm³/mol. The lowest BCUT2D eigenvalue weighted by Gasteiger charge is -2.11. The van der Waals surface area contributed by atoms with Gasteiger partial charge >= 0.3 is 0 Å². The maximum atomic E-state index is 5.63. The fourth-order valence-corrected chi connectivity index (χ4v) is 2.01. The highest BCUT2D eigenvalue weighted by molar-refractivity contribution is 5.06. The van der Waals surface area contributed by atoms with E-state index in [9.17, 15) is 0 Å². The number of ether oxygens (including phenoxy) is 1. The summed E-state index contributed by atoms with van der Waals surface area (Å²) in [6.07, 6.45) is 6.13. The Hall–Kier alpha value is -0.800. The molecular weight excluding hydrogens is 176 g/mol. The number of nitrogens with two attached hydrogens (primary N) is 1. The summed E-state index contributed by atoms with van der Waals surface area (Å²) in [6.45, 7) is 2.60. The summed E-state index contributed by atoms with van der Waals surface area (Å²) in [5, 5.41) is 0. The molecule has 1 fully saturated rings. The van der Waals surface area contributed by atoms with Crippen molar-refractivity contribution in [3.8, 4) is 0 Å². The molecule has 2 rings (SSSR count). The largest absolute Gasteiger partial charge is 0.378 e. The molecule has 0 saturated carbocycles. The van der Waals surface area contributed by atoms with E-state index >= 15 is 0 Å². The van der Waals surface area contributed by atoms with Gasteiger partial charge in [0.15, 0.2) is 0 Å². The number of nitrogens with zero attached hydrogens (tertiary/aromatic N) is 1. The summed E-state index contributed by atoms with van der Waals surface area (Å²) >= 11 is 0. The average Bonchev–Trinajstić information content (AvgIpc) is 2.85. The van der Waals surface area contributed by atoms with Crippen LogP contribution in [-0.2, 0) is 17.8 Å². The van der Waals surface area contributed by atoms with Crippen LogP contribution in [0.2, 0.25) is 0 Å². The zero-order valence-corrected chi connectivity index (χ0v) is 8.48. The Labute approximate surface area is 84.9 Å². The normalized spacial score (nSPS) is 21.6. The van der Waals surface area contributed by atoms with E-state index in [1.807, 2.05) is 0 Å². The first-order valence-electron chi connectivity index (χ1n) is 5.36. The fourth-order valence-electron chi connectivity index (χ4n) is 2.01. The Balaban J connectivity index is 1.84. The van der Waals surface area contributed by atoms with Gasteiger partial charge < -0.3 is 15.0 Å². The molecule has 1 aliphatic rings. The molecule has 14 heavy (non-hydrogen) atoms. The molecule has 0 aliphatic carbocycles. The van der Waals surface area contributed by atoms with E-state index in [-0.39, 0.29) is 0 Å². The van der Waals surface area contributed by atoms with Crippen molar-refractivity contribution < 1.29 is 4.74 Å². The van der Waals surface area contributed by atoms with Gasteiger partial charge in [-0.05, 0) is 31.4 Å². The van der Waals surface area contributed by atoms with Gasteiger partial charge in [-0.15, -0.1) is 0 Å². The molecule has 3 nitrogen and oxygen atoms in total. The van der Waals surface area contributed by atoms with Crippen LogP contribution in [0.15, 0.2) is 18.3 Å². The SMILES string of the molecule is NCc1cccn1CCC1CCCO1. The first kappa shape index (κ1) is 9.74. The van der Waals surface area contributed by atoms with Crippen molar-refractivity contribution in [2.24, 2.45) is 5.73 Å². The van der Waals surface area contributed by atoms with Gasteiger partial charge in [-0.1, -0.05) is 0 Å². The van der Waals surface area contributed by atoms with E-state index in [2.05, 4.69) is 22.9 Å². The first-order chi connectivity index (χ1) is 6.90. The molecule has 0 bridgehead atoms. The second kappa shape index (κ2) is 4.62. The molecule has 2 N–H and O–H groups in total. The smallest absolute Gasteiger partial charge is 0.0593 e. The summed E-state index contributed by atoms with van der Waals surface area (Å²) in [6, 6.07) is 4.13. The summed E-state index contributed by atoms with van der Waals surface area (Å²) in [5.74, 6) is 0. The lowest BCUT2D eigenvalue weighted by atomic mass is 10.2. The molecule has 0 aromatic carbocycles. The van der Waals surface area contributed by atoms with Crippen LogP contribution < -0.4 is 5.73 Å². The molecule has 78 valence electrons. The molecule has 1 saturated heterocycles. The topological polar surface area (TPSA) is 40.2 Å². The van der Waals surface area contributed by atoms with E-state index < -0.39 is 0 Å². The molecule has 0 spiro atoms. The predicted octanol–water partition coefficient (Wildman–Crippen LogP) is 1.52. The van der Waals surface area contributed by atoms with Crippen LogP contribution in [0.25, 0.3) is 0 Å². The lowest BCUT2D eigenvalue weighted by molar-refractivity contribution is 0.100. The van der Waals surface area contributed by atoms with Gasteiger partial charge in [-0.2, -0.15) is 0 Å². The third-order valence-corrected chi connectivity index (χ3v) is 2.85. The number of aryl methyl sites for hydroxylation is 1. The van der Waals surface area contributed by atoms with E-state index in [0.29, 0.717) is 12.6 Å². The second-order valence-corrected chi connectivity index (χ2v) is 3.82. The monoisotopic (exact) mass is 194 g/mol. The van der Waals surface area contributed by atoms with Crippen LogP contribution in [0.1, 0.15) is 25.0 Å². The Kier molecular flexibility index (Phi) is 3.22. The lowest BCUT2D eigenvalue weighted by Crippen LogP contribution is -2.12. The van der Waals surface area contributed by atoms with Gasteiger partial charge in [0, 0.05) is 31.6 Å². The second-order valence-electron chi connectivity index (χ2n) is 3.82. The van der Waals surface area contributed by atoms with Crippen molar-refractivity contribution in [3.63, 3.8) is 0 Å². The number of aromatic nitrogens is 1. The highest BCUT2D eigenvalue weighted by Crippen LogP contribution is 2.16. The molecular formula is C11H18N2O. The third-order valence-electron chi connectivity index (χ3n) is 2.85. The van der Waals surface area contributed by atoms with E-state index in [0.717, 1.165) is 19.6 Å². The maximum Gasteiger partial charge on any atom is 0.0593 e. The van der Waals surface area contributed by atoms with Crippen molar-refractivity contribution >= 4 is 0 Å². The summed E-state index contributed by atoms with van der Waals surface area (Å²) < 4.78 is 7.80. The van der Waals surface area contributed by atoms with Gasteiger partial charge in [0.25, 0.3) is 0 Å². The van der Waals surface area contributed by atoms with Crippen LogP contribution in [0.3, 0.4) is 0 Å². The zero-order valence-electron chi connectivity index (χ0n) is 8.48. The maximum absolute atomic E-state index is 5.63.